The van der Waals surface area contributed by atoms with Crippen molar-refractivity contribution < 1.29 is 10.3 Å². The first-order valence-electron chi connectivity index (χ1n) is 13.8. The Morgan fingerprint density at radius 3 is 1.90 bits per heavy atom. The number of rotatable bonds is 10. The molecule has 0 atom stereocenters. The van der Waals surface area contributed by atoms with Gasteiger partial charge in [0.25, 0.3) is 5.69 Å². The molecule has 1 saturated carbocycles. The molecule has 1 fully saturated rings. The summed E-state index contributed by atoms with van der Waals surface area (Å²) in [7, 11) is 0. The summed E-state index contributed by atoms with van der Waals surface area (Å²) in [5.74, 6) is 0.466. The van der Waals surface area contributed by atoms with Gasteiger partial charge in [-0.2, -0.15) is 0 Å². The highest BCUT2D eigenvalue weighted by Gasteiger charge is 2.36. The summed E-state index contributed by atoms with van der Waals surface area (Å²) in [5, 5.41) is 22.2. The molecular weight excluding hydrogens is 508 g/mol. The van der Waals surface area contributed by atoms with Crippen molar-refractivity contribution in [2.45, 2.75) is 24.2 Å². The fraction of sp³-hybridized carbons (Fsp3) is 0.143. The van der Waals surface area contributed by atoms with Crippen LogP contribution < -0.4 is 10.7 Å². The number of pyridine rings is 1. The van der Waals surface area contributed by atoms with Crippen molar-refractivity contribution in [1.29, 1.82) is 0 Å². The molecule has 6 heteroatoms. The normalized spacial score (nSPS) is 13.0. The Labute approximate surface area is 239 Å². The maximum absolute atomic E-state index is 11.8. The fourth-order valence-electron chi connectivity index (χ4n) is 5.60. The second-order valence-corrected chi connectivity index (χ2v) is 10.5. The molecule has 1 aromatic heterocycles. The Hall–Kier alpha value is -5.10. The van der Waals surface area contributed by atoms with E-state index in [4.69, 9.17) is 5.41 Å². The monoisotopic (exact) mass is 539 g/mol. The predicted octanol–water partition coefficient (Wildman–Crippen LogP) is 5.91. The number of benzene rings is 4. The molecule has 6 rings (SSSR count). The van der Waals surface area contributed by atoms with Gasteiger partial charge in [0, 0.05) is 47.7 Å². The molecule has 41 heavy (non-hydrogen) atoms. The number of aromatic nitrogens is 1. The summed E-state index contributed by atoms with van der Waals surface area (Å²) < 4.78 is 0. The van der Waals surface area contributed by atoms with Gasteiger partial charge in [0.15, 0.2) is 0 Å². The van der Waals surface area contributed by atoms with E-state index in [0.29, 0.717) is 23.7 Å². The molecule has 6 nitrogen and oxygen atoms in total. The molecule has 0 amide bonds. The van der Waals surface area contributed by atoms with Crippen LogP contribution in [0.25, 0.3) is 0 Å². The zero-order chi connectivity index (χ0) is 28.2. The second-order valence-electron chi connectivity index (χ2n) is 10.5. The Balaban J connectivity index is 1.46. The number of nitro groups is 1. The van der Waals surface area contributed by atoms with Gasteiger partial charge < -0.3 is 5.32 Å². The third kappa shape index (κ3) is 5.24. The Morgan fingerprint density at radius 1 is 0.829 bits per heavy atom. The molecule has 0 aliphatic heterocycles. The summed E-state index contributed by atoms with van der Waals surface area (Å²) in [6.45, 7) is 0.493. The molecule has 1 aliphatic rings. The molecule has 0 radical (unpaired) electrons. The molecule has 0 unspecified atom stereocenters. The Morgan fingerprint density at radius 2 is 1.39 bits per heavy atom. The topological polar surface area (TPSA) is 93.7 Å². The van der Waals surface area contributed by atoms with Crippen LogP contribution in [0.3, 0.4) is 0 Å². The highest BCUT2D eigenvalue weighted by atomic mass is 16.6. The molecule has 5 aromatic rings. The van der Waals surface area contributed by atoms with Crippen LogP contribution in [0.4, 0.5) is 11.4 Å². The molecule has 1 heterocycles. The number of nitrogens with two attached hydrogens (primary N) is 1. The standard InChI is InChI=1S/C35H30N4O2/c36-34(26-20-21-37-33(22-26)25-16-17-25)31-23-30(39(40)41)18-19-32(31)38-24-35(27-10-4-1-5-11-27,28-12-6-2-7-13-28)29-14-8-3-9-15-29/h1-15,18-23,25,36,38H,16-17,24H2/p+1. The summed E-state index contributed by atoms with van der Waals surface area (Å²) in [4.78, 5) is 15.9. The molecule has 3 N–H and O–H groups in total. The van der Waals surface area contributed by atoms with Crippen LogP contribution in [0.5, 0.6) is 0 Å². The van der Waals surface area contributed by atoms with E-state index < -0.39 is 5.41 Å². The molecule has 1 aliphatic carbocycles. The molecule has 0 saturated heterocycles. The van der Waals surface area contributed by atoms with Crippen LogP contribution in [0.15, 0.2) is 128 Å². The number of hydrogen-bond donors (Lipinski definition) is 2. The van der Waals surface area contributed by atoms with Gasteiger partial charge in [0.2, 0.25) is 5.71 Å². The number of nitrogens with zero attached hydrogens (tertiary/aromatic N) is 2. The van der Waals surface area contributed by atoms with E-state index in [0.717, 1.165) is 46.5 Å². The first kappa shape index (κ1) is 26.1. The van der Waals surface area contributed by atoms with E-state index in [-0.39, 0.29) is 10.6 Å². The minimum absolute atomic E-state index is 0.00888. The maximum atomic E-state index is 11.8. The van der Waals surface area contributed by atoms with Gasteiger partial charge in [0.05, 0.1) is 15.9 Å². The van der Waals surface area contributed by atoms with Crippen molar-refractivity contribution in [3.63, 3.8) is 0 Å². The highest BCUT2D eigenvalue weighted by Crippen LogP contribution is 2.41. The van der Waals surface area contributed by atoms with Gasteiger partial charge in [0.1, 0.15) is 0 Å². The van der Waals surface area contributed by atoms with E-state index in [2.05, 4.69) is 83.1 Å². The molecule has 202 valence electrons. The molecule has 0 bridgehead atoms. The Bertz CT molecular complexity index is 1590. The fourth-order valence-corrected chi connectivity index (χ4v) is 5.60. The second kappa shape index (κ2) is 11.2. The van der Waals surface area contributed by atoms with Gasteiger partial charge in [-0.1, -0.05) is 91.0 Å². The van der Waals surface area contributed by atoms with Crippen LogP contribution in [-0.2, 0) is 5.41 Å². The number of nitro benzene ring substituents is 1. The van der Waals surface area contributed by atoms with Gasteiger partial charge >= 0.3 is 0 Å². The average Bonchev–Trinajstić information content (AvgIpc) is 3.89. The first-order chi connectivity index (χ1) is 20.1. The molecular formula is C35H31N4O2+. The highest BCUT2D eigenvalue weighted by molar-refractivity contribution is 6.12. The lowest BCUT2D eigenvalue weighted by molar-refractivity contribution is -0.384. The lowest BCUT2D eigenvalue weighted by Gasteiger charge is -2.36. The van der Waals surface area contributed by atoms with Crippen molar-refractivity contribution in [2.75, 3.05) is 11.9 Å². The van der Waals surface area contributed by atoms with Crippen LogP contribution in [0, 0.1) is 10.1 Å². The van der Waals surface area contributed by atoms with Gasteiger partial charge in [-0.05, 0) is 47.7 Å². The van der Waals surface area contributed by atoms with E-state index >= 15 is 0 Å². The number of non-ortho nitro benzene ring substituents is 1. The maximum Gasteiger partial charge on any atom is 0.270 e. The quantitative estimate of drug-likeness (QED) is 0.0999. The summed E-state index contributed by atoms with van der Waals surface area (Å²) in [6.07, 6.45) is 4.02. The zero-order valence-corrected chi connectivity index (χ0v) is 22.6. The van der Waals surface area contributed by atoms with Crippen LogP contribution in [0.2, 0.25) is 0 Å². The average molecular weight is 540 g/mol. The number of nitrogens with one attached hydrogen (secondary N) is 1. The van der Waals surface area contributed by atoms with E-state index in [1.165, 1.54) is 6.07 Å². The summed E-state index contributed by atoms with van der Waals surface area (Å²) >= 11 is 0. The molecule has 0 spiro atoms. The summed E-state index contributed by atoms with van der Waals surface area (Å²) in [6, 6.07) is 40.0. The van der Waals surface area contributed by atoms with Gasteiger partial charge in [-0.3, -0.25) is 20.5 Å². The smallest absolute Gasteiger partial charge is 0.270 e. The third-order valence-corrected chi connectivity index (χ3v) is 7.94. The zero-order valence-electron chi connectivity index (χ0n) is 22.6. The lowest BCUT2D eigenvalue weighted by Crippen LogP contribution is -2.42. The minimum atomic E-state index is -0.548. The number of anilines is 1. The predicted molar refractivity (Wildman–Crippen MR) is 162 cm³/mol. The van der Waals surface area contributed by atoms with Crippen molar-refractivity contribution in [3.05, 3.63) is 171 Å². The van der Waals surface area contributed by atoms with Crippen LogP contribution >= 0.6 is 0 Å². The van der Waals surface area contributed by atoms with Crippen molar-refractivity contribution >= 4 is 17.1 Å². The lowest BCUT2D eigenvalue weighted by atomic mass is 9.69. The van der Waals surface area contributed by atoms with Gasteiger partial charge in [-0.25, -0.2) is 0 Å². The van der Waals surface area contributed by atoms with E-state index in [1.54, 1.807) is 18.3 Å². The third-order valence-electron chi connectivity index (χ3n) is 7.94. The van der Waals surface area contributed by atoms with Crippen LogP contribution in [-0.4, -0.2) is 22.2 Å². The van der Waals surface area contributed by atoms with E-state index in [9.17, 15) is 10.1 Å². The number of hydrogen-bond acceptors (Lipinski definition) is 4. The first-order valence-corrected chi connectivity index (χ1v) is 13.8. The van der Waals surface area contributed by atoms with Gasteiger partial charge in [-0.15, -0.1) is 0 Å². The Kier molecular flexibility index (Phi) is 7.13. The van der Waals surface area contributed by atoms with Crippen LogP contribution in [0.1, 0.15) is 52.3 Å². The minimum Gasteiger partial charge on any atom is -0.383 e. The SMILES string of the molecule is [NH2+]=C(c1ccnc(C2CC2)c1)c1cc([N+](=O)[O-])ccc1NCC(c1ccccc1)(c1ccccc1)c1ccccc1. The van der Waals surface area contributed by atoms with E-state index in [1.807, 2.05) is 30.3 Å². The molecule has 4 aromatic carbocycles. The summed E-state index contributed by atoms with van der Waals surface area (Å²) in [5.41, 5.74) is 6.46. The van der Waals surface area contributed by atoms with Crippen molar-refractivity contribution in [2.24, 2.45) is 0 Å². The largest absolute Gasteiger partial charge is 0.383 e. The van der Waals surface area contributed by atoms with Crippen molar-refractivity contribution in [1.82, 2.24) is 4.98 Å². The van der Waals surface area contributed by atoms with Crippen molar-refractivity contribution in [3.8, 4) is 0 Å².